The first kappa shape index (κ1) is 17.7. The second-order valence-corrected chi connectivity index (χ2v) is 5.56. The second kappa shape index (κ2) is 7.09. The van der Waals surface area contributed by atoms with Crippen molar-refractivity contribution in [3.05, 3.63) is 29.3 Å². The molecule has 0 fully saturated rings. The van der Waals surface area contributed by atoms with Crippen molar-refractivity contribution in [3.63, 3.8) is 0 Å². The van der Waals surface area contributed by atoms with E-state index in [2.05, 4.69) is 36.3 Å². The van der Waals surface area contributed by atoms with Crippen LogP contribution in [0.25, 0.3) is 0 Å². The van der Waals surface area contributed by atoms with Crippen molar-refractivity contribution in [1.29, 1.82) is 0 Å². The Hall–Kier alpha value is -1.34. The molecule has 0 atom stereocenters. The average Bonchev–Trinajstić information content (AvgIpc) is 2.37. The summed E-state index contributed by atoms with van der Waals surface area (Å²) in [4.78, 5) is 1.84. The van der Waals surface area contributed by atoms with Gasteiger partial charge in [0.1, 0.15) is 4.99 Å². The SMILES string of the molecule is CC(C)N(C)CCNc1ccc(C(N)=S)c(C(F)(F)F)c1. The maximum absolute atomic E-state index is 13.0. The van der Waals surface area contributed by atoms with Gasteiger partial charge in [-0.25, -0.2) is 0 Å². The number of nitrogens with one attached hydrogen (secondary N) is 1. The highest BCUT2D eigenvalue weighted by molar-refractivity contribution is 7.80. The van der Waals surface area contributed by atoms with Crippen molar-refractivity contribution in [2.45, 2.75) is 26.1 Å². The molecule has 0 spiro atoms. The van der Waals surface area contributed by atoms with Crippen LogP contribution in [0.5, 0.6) is 0 Å². The Morgan fingerprint density at radius 2 is 2.00 bits per heavy atom. The van der Waals surface area contributed by atoms with E-state index in [4.69, 9.17) is 5.73 Å². The first-order valence-corrected chi connectivity index (χ1v) is 6.99. The average molecular weight is 319 g/mol. The third-order valence-corrected chi connectivity index (χ3v) is 3.49. The highest BCUT2D eigenvalue weighted by Crippen LogP contribution is 2.33. The summed E-state index contributed by atoms with van der Waals surface area (Å²) in [6.07, 6.45) is -4.48. The van der Waals surface area contributed by atoms with Gasteiger partial charge < -0.3 is 16.0 Å². The van der Waals surface area contributed by atoms with Crippen molar-refractivity contribution < 1.29 is 13.2 Å². The second-order valence-electron chi connectivity index (χ2n) is 5.12. The van der Waals surface area contributed by atoms with E-state index in [0.717, 1.165) is 12.6 Å². The van der Waals surface area contributed by atoms with Gasteiger partial charge in [-0.05, 0) is 39.1 Å². The van der Waals surface area contributed by atoms with Gasteiger partial charge in [-0.15, -0.1) is 0 Å². The van der Waals surface area contributed by atoms with Gasteiger partial charge in [0.2, 0.25) is 0 Å². The zero-order valence-electron chi connectivity index (χ0n) is 12.3. The fourth-order valence-corrected chi connectivity index (χ4v) is 1.92. The van der Waals surface area contributed by atoms with Crippen molar-refractivity contribution in [1.82, 2.24) is 4.90 Å². The van der Waals surface area contributed by atoms with Crippen LogP contribution in [0.2, 0.25) is 0 Å². The molecule has 118 valence electrons. The highest BCUT2D eigenvalue weighted by Gasteiger charge is 2.34. The van der Waals surface area contributed by atoms with E-state index in [1.807, 2.05) is 7.05 Å². The molecule has 1 aromatic carbocycles. The lowest BCUT2D eigenvalue weighted by atomic mass is 10.1. The molecule has 3 nitrogen and oxygen atoms in total. The van der Waals surface area contributed by atoms with Gasteiger partial charge in [0.05, 0.1) is 5.56 Å². The summed E-state index contributed by atoms with van der Waals surface area (Å²) >= 11 is 4.66. The maximum atomic E-state index is 13.0. The number of nitrogens with zero attached hydrogens (tertiary/aromatic N) is 1. The highest BCUT2D eigenvalue weighted by atomic mass is 32.1. The fraction of sp³-hybridized carbons (Fsp3) is 0.500. The Labute approximate surface area is 128 Å². The van der Waals surface area contributed by atoms with Crippen molar-refractivity contribution in [2.24, 2.45) is 5.73 Å². The number of thiocarbonyl (C=S) groups is 1. The maximum Gasteiger partial charge on any atom is 0.417 e. The molecule has 0 aromatic heterocycles. The van der Waals surface area contributed by atoms with Gasteiger partial charge in [0.25, 0.3) is 0 Å². The molecule has 0 saturated heterocycles. The van der Waals surface area contributed by atoms with Gasteiger partial charge in [-0.3, -0.25) is 0 Å². The van der Waals surface area contributed by atoms with Crippen LogP contribution in [0.15, 0.2) is 18.2 Å². The topological polar surface area (TPSA) is 41.3 Å². The smallest absolute Gasteiger partial charge is 0.389 e. The zero-order valence-corrected chi connectivity index (χ0v) is 13.1. The quantitative estimate of drug-likeness (QED) is 0.791. The van der Waals surface area contributed by atoms with Crippen LogP contribution in [-0.4, -0.2) is 36.1 Å². The first-order valence-electron chi connectivity index (χ1n) is 6.58. The fourth-order valence-electron chi connectivity index (χ4n) is 1.74. The molecule has 1 aromatic rings. The van der Waals surface area contributed by atoms with Crippen molar-refractivity contribution in [3.8, 4) is 0 Å². The van der Waals surface area contributed by atoms with Crippen LogP contribution < -0.4 is 11.1 Å². The van der Waals surface area contributed by atoms with Crippen molar-refractivity contribution in [2.75, 3.05) is 25.5 Å². The van der Waals surface area contributed by atoms with Gasteiger partial charge >= 0.3 is 6.18 Å². The summed E-state index contributed by atoms with van der Waals surface area (Å²) in [6.45, 7) is 5.39. The Balaban J connectivity index is 2.84. The number of likely N-dealkylation sites (N-methyl/N-ethyl adjacent to an activating group) is 1. The largest absolute Gasteiger partial charge is 0.417 e. The number of alkyl halides is 3. The first-order chi connectivity index (χ1) is 9.62. The van der Waals surface area contributed by atoms with Crippen LogP contribution in [0.1, 0.15) is 25.0 Å². The summed E-state index contributed by atoms with van der Waals surface area (Å²) in [5.41, 5.74) is 4.78. The molecule has 0 unspecified atom stereocenters. The number of hydrogen-bond acceptors (Lipinski definition) is 3. The summed E-state index contributed by atoms with van der Waals surface area (Å²) in [6, 6.07) is 4.29. The number of nitrogens with two attached hydrogens (primary N) is 1. The minimum Gasteiger partial charge on any atom is -0.389 e. The lowest BCUT2D eigenvalue weighted by Crippen LogP contribution is -2.31. The molecular formula is C14H20F3N3S. The molecular weight excluding hydrogens is 299 g/mol. The van der Waals surface area contributed by atoms with Crippen LogP contribution in [0, 0.1) is 0 Å². The molecule has 21 heavy (non-hydrogen) atoms. The van der Waals surface area contributed by atoms with E-state index >= 15 is 0 Å². The Kier molecular flexibility index (Phi) is 5.98. The molecule has 0 aliphatic rings. The summed E-state index contributed by atoms with van der Waals surface area (Å²) < 4.78 is 39.0. The van der Waals surface area contributed by atoms with E-state index in [9.17, 15) is 13.2 Å². The number of hydrogen-bond donors (Lipinski definition) is 2. The lowest BCUT2D eigenvalue weighted by Gasteiger charge is -2.21. The summed E-state index contributed by atoms with van der Waals surface area (Å²) in [7, 11) is 1.96. The van der Waals surface area contributed by atoms with E-state index in [1.165, 1.54) is 6.07 Å². The summed E-state index contributed by atoms with van der Waals surface area (Å²) in [5, 5.41) is 2.98. The molecule has 0 aliphatic carbocycles. The van der Waals surface area contributed by atoms with E-state index in [-0.39, 0.29) is 10.6 Å². The molecule has 0 amide bonds. The summed E-state index contributed by atoms with van der Waals surface area (Å²) in [5.74, 6) is 0. The van der Waals surface area contributed by atoms with Crippen LogP contribution in [-0.2, 0) is 6.18 Å². The number of anilines is 1. The van der Waals surface area contributed by atoms with Gasteiger partial charge in [0.15, 0.2) is 0 Å². The van der Waals surface area contributed by atoms with Crippen LogP contribution in [0.3, 0.4) is 0 Å². The van der Waals surface area contributed by atoms with E-state index in [1.54, 1.807) is 6.07 Å². The van der Waals surface area contributed by atoms with Gasteiger partial charge in [-0.1, -0.05) is 12.2 Å². The molecule has 7 heteroatoms. The standard InChI is InChI=1S/C14H20F3N3S/c1-9(2)20(3)7-6-19-10-4-5-11(13(18)21)12(8-10)14(15,16)17/h4-5,8-9,19H,6-7H2,1-3H3,(H2,18,21). The van der Waals surface area contributed by atoms with Crippen LogP contribution in [0.4, 0.5) is 18.9 Å². The number of benzene rings is 1. The molecule has 0 radical (unpaired) electrons. The predicted molar refractivity (Wildman–Crippen MR) is 83.6 cm³/mol. The number of halogens is 3. The third-order valence-electron chi connectivity index (χ3n) is 3.27. The van der Waals surface area contributed by atoms with Gasteiger partial charge in [0, 0.05) is 30.4 Å². The minimum atomic E-state index is -4.48. The molecule has 0 saturated carbocycles. The van der Waals surface area contributed by atoms with E-state index < -0.39 is 11.7 Å². The number of rotatable bonds is 6. The Morgan fingerprint density at radius 1 is 1.38 bits per heavy atom. The minimum absolute atomic E-state index is 0.151. The molecule has 3 N–H and O–H groups in total. The van der Waals surface area contributed by atoms with Gasteiger partial charge in [-0.2, -0.15) is 13.2 Å². The van der Waals surface area contributed by atoms with E-state index in [0.29, 0.717) is 18.3 Å². The zero-order chi connectivity index (χ0) is 16.2. The molecule has 0 heterocycles. The van der Waals surface area contributed by atoms with Crippen LogP contribution >= 0.6 is 12.2 Å². The van der Waals surface area contributed by atoms with Crippen molar-refractivity contribution >= 4 is 22.9 Å². The lowest BCUT2D eigenvalue weighted by molar-refractivity contribution is -0.137. The predicted octanol–water partition coefficient (Wildman–Crippen LogP) is 3.09. The molecule has 1 rings (SSSR count). The third kappa shape index (κ3) is 5.17. The Morgan fingerprint density at radius 3 is 2.48 bits per heavy atom. The normalized spacial score (nSPS) is 12.0. The Bertz CT molecular complexity index is 501. The monoisotopic (exact) mass is 319 g/mol. The molecule has 0 aliphatic heterocycles. The molecule has 0 bridgehead atoms.